The molecule has 0 amide bonds. The maximum absolute atomic E-state index is 9.86. The Kier molecular flexibility index (Phi) is 10.6. The number of hydrogen-bond acceptors (Lipinski definition) is 9. The second kappa shape index (κ2) is 34.5. The SMILES string of the molecule is [2H]C([2H])([2H])N(C)C([2H])([2H])C([2H])([2H])c1c[nH]c2ccc(C)cc12.[2H]C([2H])([2H])N(C)C([2H])([2H])C([2H])([2H])c1c[nH]c2cccc(OC)c12.[2H]C([2H])([2H])NC([2H])([2H])C([2H])([2H])c1c[nH]c2cccc(O)c12.[2H]C([2H])([2H])Oc1cccc2[nH]cc(C([2H])([2H])C([2H])([2H])N(C)C([2H])([2H])[2H])c12.[2H]c1[nH]c2c([2H])c([2H])c([2H])c([2H])c2c1C([2H])([2H])C([2H])([2H])N(C)C([2H])([2H])[2H].[2H]c1[nH]c2c([2H])c([2H])c([2H])c([2H])c2c1CC([2H])([2H])N(C)C. The number of phenols is 1. The first kappa shape index (κ1) is 27.4. The summed E-state index contributed by atoms with van der Waals surface area (Å²) in [6.07, 6.45) is -9.39. The monoisotopic (exact) mass is 1260 g/mol. The molecule has 0 fully saturated rings. The van der Waals surface area contributed by atoms with Crippen molar-refractivity contribution in [1.82, 2.24) is 59.7 Å². The van der Waals surface area contributed by atoms with Gasteiger partial charge in [-0.1, -0.05) is 66.1 Å². The number of likely N-dealkylation sites (N-methyl/N-ethyl adjacent to an activating group) is 6. The number of aromatic nitrogens is 6. The predicted octanol–water partition coefficient (Wildman–Crippen LogP) is 13.3. The van der Waals surface area contributed by atoms with Crippen molar-refractivity contribution in [3.05, 3.63) is 197 Å². The molecule has 0 radical (unpaired) electrons. The van der Waals surface area contributed by atoms with Gasteiger partial charge in [-0.25, -0.2) is 0 Å². The van der Waals surface area contributed by atoms with Gasteiger partial charge in [-0.05, 0) is 223 Å². The summed E-state index contributed by atoms with van der Waals surface area (Å²) in [5.41, 5.74) is 2.14. The summed E-state index contributed by atoms with van der Waals surface area (Å²) < 4.78 is 397. The molecule has 15 nitrogen and oxygen atoms in total. The van der Waals surface area contributed by atoms with Gasteiger partial charge in [0, 0.05) is 186 Å². The van der Waals surface area contributed by atoms with E-state index in [-0.39, 0.29) is 114 Å². The van der Waals surface area contributed by atoms with E-state index in [1.807, 2.05) is 13.0 Å². The molecule has 6 heterocycles. The average molecular weight is 1260 g/mol. The smallest absolute Gasteiger partial charge is 0.128 e. The van der Waals surface area contributed by atoms with Gasteiger partial charge in [0.1, 0.15) is 17.2 Å². The van der Waals surface area contributed by atoms with Crippen LogP contribution in [0, 0.1) is 6.92 Å². The standard InChI is InChI=1S/2C13H18N2O.C13H18N2.2C12H16N2.C11H14N2O/c2*1-15(2)8-7-10-9-14-11-5-4-6-12(16-3)13(10)11;1-10-4-5-13-12(8-10)11(9-14-13)6-7-15(2)3;2*1-14(2)8-7-10-9-13-12-6-4-3-5-11(10)12;1-12-6-5-8-7-13-9-3-2-4-10(14)11(8)9/h2*4-6,9,14H,7-8H2,1-3H3;4-5,8-9,14H,6-7H2,1-3H3;2*3-6,9,13H,7-8H2,1-2H3;2-4,7,12-14H,5-6H2,1H3/i1D3,3D3,7D2,8D2;1D3,7D2,8D2;2D3,6D2,7D2;1D3,3D,4D,5D,6D,7D2,8D2,9D;3D,4D,5D,6D,8D2,9D;1D3,5D2,6D2. The number of rotatable bonds is 20. The third-order valence-corrected chi connectivity index (χ3v) is 12.0. The third kappa shape index (κ3) is 19.9. The molecule has 6 aromatic heterocycles. The number of aromatic hydroxyl groups is 1. The van der Waals surface area contributed by atoms with Gasteiger partial charge >= 0.3 is 0 Å². The molecule has 15 heteroatoms. The minimum absolute atomic E-state index is 0.00560. The van der Waals surface area contributed by atoms with E-state index in [4.69, 9.17) is 78.0 Å². The fourth-order valence-corrected chi connectivity index (χ4v) is 8.11. The lowest BCUT2D eigenvalue weighted by molar-refractivity contribution is 0.411. The van der Waals surface area contributed by atoms with Crippen molar-refractivity contribution in [1.29, 1.82) is 0 Å². The van der Waals surface area contributed by atoms with Crippen molar-refractivity contribution >= 4 is 65.4 Å². The topological polar surface area (TPSA) is 162 Å². The summed E-state index contributed by atoms with van der Waals surface area (Å²) in [5, 5.41) is 12.4. The Labute approximate surface area is 598 Å². The largest absolute Gasteiger partial charge is 0.507 e. The van der Waals surface area contributed by atoms with E-state index in [0.717, 1.165) is 33.8 Å². The zero-order chi connectivity index (χ0) is 107. The van der Waals surface area contributed by atoms with E-state index in [9.17, 15) is 5.11 Å². The van der Waals surface area contributed by atoms with Crippen LogP contribution >= 0.6 is 0 Å². The number of H-pyrrole nitrogens is 6. The highest BCUT2D eigenvalue weighted by Crippen LogP contribution is 2.31. The van der Waals surface area contributed by atoms with Gasteiger partial charge < -0.3 is 74.3 Å². The van der Waals surface area contributed by atoms with Gasteiger partial charge in [-0.3, -0.25) is 0 Å². The highest BCUT2D eigenvalue weighted by atomic mass is 16.5. The molecule has 0 saturated heterocycles. The number of methoxy groups -OCH3 is 2. The number of benzene rings is 6. The first-order valence-corrected chi connectivity index (χ1v) is 26.4. The number of aromatic amines is 6. The number of phenolic OH excluding ortho intramolecular Hbond substituents is 1. The molecule has 0 aliphatic rings. The molecule has 0 atom stereocenters. The molecular formula is C74H100N12O3. The van der Waals surface area contributed by atoms with E-state index in [2.05, 4.69) is 29.9 Å². The lowest BCUT2D eigenvalue weighted by atomic mass is 10.1. The Morgan fingerprint density at radius 2 is 0.944 bits per heavy atom. The number of fused-ring (bicyclic) bond motifs is 6. The first-order chi connectivity index (χ1) is 62.5. The Hall–Kier alpha value is -8.28. The van der Waals surface area contributed by atoms with E-state index in [1.165, 1.54) is 55.0 Å². The minimum Gasteiger partial charge on any atom is -0.507 e. The van der Waals surface area contributed by atoms with Gasteiger partial charge in [0.15, 0.2) is 0 Å². The van der Waals surface area contributed by atoms with Crippen molar-refractivity contribution in [2.24, 2.45) is 0 Å². The van der Waals surface area contributed by atoms with Crippen molar-refractivity contribution in [2.75, 3.05) is 130 Å². The molecule has 0 saturated carbocycles. The number of hydrogen-bond donors (Lipinski definition) is 8. The fourth-order valence-electron chi connectivity index (χ4n) is 8.11. The van der Waals surface area contributed by atoms with Crippen LogP contribution in [0.1, 0.15) is 107 Å². The maximum atomic E-state index is 9.86. The molecule has 0 aliphatic heterocycles. The Balaban J connectivity index is 0.000000227. The van der Waals surface area contributed by atoms with Gasteiger partial charge in [0.05, 0.1) is 32.0 Å². The first-order valence-electron chi connectivity index (χ1n) is 51.4. The van der Waals surface area contributed by atoms with Gasteiger partial charge in [-0.15, -0.1) is 0 Å². The summed E-state index contributed by atoms with van der Waals surface area (Å²) in [4.78, 5) is 19.0. The third-order valence-electron chi connectivity index (χ3n) is 12.0. The maximum Gasteiger partial charge on any atom is 0.128 e. The van der Waals surface area contributed by atoms with Crippen LogP contribution in [-0.2, 0) is 38.3 Å². The van der Waals surface area contributed by atoms with Crippen molar-refractivity contribution in [2.45, 2.75) is 45.2 Å². The molecule has 89 heavy (non-hydrogen) atoms. The fraction of sp³-hybridized carbons (Fsp3) is 0.351. The van der Waals surface area contributed by atoms with Crippen LogP contribution in [0.5, 0.6) is 17.2 Å². The molecule has 8 N–H and O–H groups in total. The highest BCUT2D eigenvalue weighted by molar-refractivity contribution is 5.91. The molecular weight excluding hydrogens is 1100 g/mol. The number of para-hydroxylation sites is 2. The molecule has 12 rings (SSSR count). The van der Waals surface area contributed by atoms with Crippen LogP contribution in [0.2, 0.25) is 0 Å². The molecule has 12 aromatic rings. The van der Waals surface area contributed by atoms with Gasteiger partial charge in [-0.2, -0.15) is 0 Å². The molecule has 6 aromatic carbocycles. The number of ether oxygens (including phenoxy) is 2. The number of nitrogens with zero attached hydrogens (tertiary/aromatic N) is 5. The van der Waals surface area contributed by atoms with E-state index in [1.54, 1.807) is 67.9 Å². The summed E-state index contributed by atoms with van der Waals surface area (Å²) in [6, 6.07) is 15.7. The molecule has 474 valence electrons. The Bertz CT molecular complexity index is 6380. The van der Waals surface area contributed by atoms with E-state index >= 15 is 0 Å². The van der Waals surface area contributed by atoms with Crippen molar-refractivity contribution in [3.8, 4) is 17.2 Å². The molecule has 0 unspecified atom stereocenters. The van der Waals surface area contributed by atoms with Crippen LogP contribution in [0.4, 0.5) is 0 Å². The van der Waals surface area contributed by atoms with Gasteiger partial charge in [0.2, 0.25) is 0 Å². The number of nitrogens with one attached hydrogen (secondary N) is 7. The summed E-state index contributed by atoms with van der Waals surface area (Å²) in [6.45, 7) is -28.4. The van der Waals surface area contributed by atoms with Crippen LogP contribution in [0.3, 0.4) is 0 Å². The highest BCUT2D eigenvalue weighted by Gasteiger charge is 2.12. The van der Waals surface area contributed by atoms with Crippen molar-refractivity contribution in [3.63, 3.8) is 0 Å². The summed E-state index contributed by atoms with van der Waals surface area (Å²) >= 11 is 0. The zero-order valence-electron chi connectivity index (χ0n) is 99.4. The number of aryl methyl sites for hydroxylation is 7. The molecule has 0 aliphatic carbocycles. The quantitative estimate of drug-likeness (QED) is 0.0371. The van der Waals surface area contributed by atoms with E-state index < -0.39 is 149 Å². The summed E-state index contributed by atoms with van der Waals surface area (Å²) in [7, 11) is 5.73. The van der Waals surface area contributed by atoms with Crippen LogP contribution in [-0.4, -0.2) is 190 Å². The predicted molar refractivity (Wildman–Crippen MR) is 378 cm³/mol. The molecule has 0 bridgehead atoms. The van der Waals surface area contributed by atoms with Crippen LogP contribution in [0.15, 0.2) is 158 Å². The zero-order valence-corrected chi connectivity index (χ0v) is 49.4. The Morgan fingerprint density at radius 3 is 1.48 bits per heavy atom. The molecule has 0 spiro atoms. The normalized spacial score (nSPS) is 22.1. The van der Waals surface area contributed by atoms with Crippen molar-refractivity contribution < 1.29 is 83.1 Å². The van der Waals surface area contributed by atoms with Crippen LogP contribution < -0.4 is 14.8 Å². The Morgan fingerprint density at radius 1 is 0.472 bits per heavy atom. The average Bonchev–Trinajstić information content (AvgIpc) is 1.58. The van der Waals surface area contributed by atoms with E-state index in [0.29, 0.717) is 53.3 Å². The second-order valence-corrected chi connectivity index (χ2v) is 18.9. The minimum atomic E-state index is -3.11. The lowest BCUT2D eigenvalue weighted by Gasteiger charge is -2.09. The van der Waals surface area contributed by atoms with Gasteiger partial charge in [0.25, 0.3) is 0 Å². The van der Waals surface area contributed by atoms with Crippen LogP contribution in [0.25, 0.3) is 65.4 Å². The summed E-state index contributed by atoms with van der Waals surface area (Å²) in [5.74, 6) is 0.0160. The lowest BCUT2D eigenvalue weighted by Crippen LogP contribution is -2.14. The second-order valence-electron chi connectivity index (χ2n) is 18.9.